The summed E-state index contributed by atoms with van der Waals surface area (Å²) < 4.78 is 0. The first-order valence-electron chi connectivity index (χ1n) is 6.63. The lowest BCUT2D eigenvalue weighted by molar-refractivity contribution is 0.271. The maximum atomic E-state index is 6.15. The van der Waals surface area contributed by atoms with E-state index in [1.165, 1.54) is 19.3 Å². The molecule has 2 atom stereocenters. The molecule has 0 spiro atoms. The number of fused-ring (bicyclic) bond motifs is 2. The smallest absolute Gasteiger partial charge is 0.0441 e. The lowest BCUT2D eigenvalue weighted by atomic mass is 9.81. The van der Waals surface area contributed by atoms with E-state index in [0.717, 1.165) is 18.5 Å². The Kier molecular flexibility index (Phi) is 3.44. The van der Waals surface area contributed by atoms with Crippen molar-refractivity contribution in [1.29, 1.82) is 0 Å². The average molecular weight is 285 g/mol. The highest BCUT2D eigenvalue weighted by molar-refractivity contribution is 6.35. The summed E-state index contributed by atoms with van der Waals surface area (Å²) in [6, 6.07) is 7.30. The predicted octanol–water partition coefficient (Wildman–Crippen LogP) is 3.84. The molecule has 0 saturated carbocycles. The van der Waals surface area contributed by atoms with Gasteiger partial charge in [0.15, 0.2) is 0 Å². The molecular formula is C14H18Cl2N2. The van der Waals surface area contributed by atoms with Crippen molar-refractivity contribution in [2.75, 3.05) is 4.90 Å². The minimum atomic E-state index is 0.353. The molecule has 0 radical (unpaired) electrons. The van der Waals surface area contributed by atoms with Crippen molar-refractivity contribution in [3.8, 4) is 0 Å². The van der Waals surface area contributed by atoms with E-state index in [4.69, 9.17) is 28.9 Å². The van der Waals surface area contributed by atoms with Crippen LogP contribution in [0.25, 0.3) is 0 Å². The van der Waals surface area contributed by atoms with Crippen molar-refractivity contribution in [2.24, 2.45) is 5.73 Å². The SMILES string of the molecule is NC1CC2CCCC(C1)N2c1cc(Cl)cc(Cl)c1. The zero-order chi connectivity index (χ0) is 12.7. The standard InChI is InChI=1S/C14H18Cl2N2/c15-9-4-10(16)6-14(5-9)18-12-2-1-3-13(18)8-11(17)7-12/h4-6,11-13H,1-3,7-8,17H2. The highest BCUT2D eigenvalue weighted by atomic mass is 35.5. The van der Waals surface area contributed by atoms with Gasteiger partial charge in [-0.1, -0.05) is 23.2 Å². The van der Waals surface area contributed by atoms with Crippen LogP contribution in [0.2, 0.25) is 10.0 Å². The summed E-state index contributed by atoms with van der Waals surface area (Å²) in [7, 11) is 0. The van der Waals surface area contributed by atoms with Gasteiger partial charge in [-0.15, -0.1) is 0 Å². The Morgan fingerprint density at radius 1 is 1.00 bits per heavy atom. The quantitative estimate of drug-likeness (QED) is 0.849. The molecule has 0 amide bonds. The lowest BCUT2D eigenvalue weighted by Crippen LogP contribution is -2.55. The third-order valence-corrected chi connectivity index (χ3v) is 4.59. The molecule has 2 aliphatic rings. The molecule has 2 heterocycles. The van der Waals surface area contributed by atoms with E-state index >= 15 is 0 Å². The number of benzene rings is 1. The van der Waals surface area contributed by atoms with Crippen molar-refractivity contribution < 1.29 is 0 Å². The van der Waals surface area contributed by atoms with Crippen molar-refractivity contribution in [3.05, 3.63) is 28.2 Å². The minimum Gasteiger partial charge on any atom is -0.365 e. The second-order valence-corrected chi connectivity index (χ2v) is 6.38. The topological polar surface area (TPSA) is 29.3 Å². The maximum Gasteiger partial charge on any atom is 0.0441 e. The number of hydrogen-bond donors (Lipinski definition) is 1. The third-order valence-electron chi connectivity index (χ3n) is 4.16. The number of rotatable bonds is 1. The monoisotopic (exact) mass is 284 g/mol. The van der Waals surface area contributed by atoms with E-state index in [1.807, 2.05) is 12.1 Å². The Labute approximate surface area is 118 Å². The maximum absolute atomic E-state index is 6.15. The molecule has 0 aromatic heterocycles. The molecule has 0 aliphatic carbocycles. The Balaban J connectivity index is 1.95. The van der Waals surface area contributed by atoms with Crippen LogP contribution < -0.4 is 10.6 Å². The van der Waals surface area contributed by atoms with Crippen molar-refractivity contribution in [1.82, 2.24) is 0 Å². The molecule has 2 nitrogen and oxygen atoms in total. The summed E-state index contributed by atoms with van der Waals surface area (Å²) in [6.07, 6.45) is 5.94. The van der Waals surface area contributed by atoms with E-state index in [9.17, 15) is 0 Å². The second-order valence-electron chi connectivity index (χ2n) is 5.50. The molecule has 2 unspecified atom stereocenters. The number of halogens is 2. The van der Waals surface area contributed by atoms with Gasteiger partial charge in [-0.25, -0.2) is 0 Å². The first kappa shape index (κ1) is 12.6. The number of hydrogen-bond acceptors (Lipinski definition) is 2. The second kappa shape index (κ2) is 4.92. The zero-order valence-corrected chi connectivity index (χ0v) is 11.8. The van der Waals surface area contributed by atoms with Gasteiger partial charge in [-0.05, 0) is 50.3 Å². The number of nitrogens with two attached hydrogens (primary N) is 1. The number of anilines is 1. The molecule has 2 saturated heterocycles. The first-order valence-corrected chi connectivity index (χ1v) is 7.39. The zero-order valence-electron chi connectivity index (χ0n) is 10.3. The van der Waals surface area contributed by atoms with Crippen molar-refractivity contribution >= 4 is 28.9 Å². The summed E-state index contributed by atoms with van der Waals surface area (Å²) in [6.45, 7) is 0. The molecule has 4 heteroatoms. The Hall–Kier alpha value is -0.440. The van der Waals surface area contributed by atoms with Gasteiger partial charge >= 0.3 is 0 Å². The molecule has 2 bridgehead atoms. The molecule has 2 aliphatic heterocycles. The van der Waals surface area contributed by atoms with Crippen LogP contribution in [0.5, 0.6) is 0 Å². The normalized spacial score (nSPS) is 31.5. The number of piperidine rings is 2. The minimum absolute atomic E-state index is 0.353. The molecule has 1 aromatic rings. The van der Waals surface area contributed by atoms with Crippen molar-refractivity contribution in [2.45, 2.75) is 50.2 Å². The largest absolute Gasteiger partial charge is 0.365 e. The molecule has 1 aromatic carbocycles. The van der Waals surface area contributed by atoms with E-state index in [-0.39, 0.29) is 0 Å². The van der Waals surface area contributed by atoms with Crippen LogP contribution in [0.4, 0.5) is 5.69 Å². The summed E-state index contributed by atoms with van der Waals surface area (Å²) in [5.74, 6) is 0. The van der Waals surface area contributed by atoms with E-state index in [0.29, 0.717) is 28.2 Å². The van der Waals surface area contributed by atoms with Crippen LogP contribution in [0.3, 0.4) is 0 Å². The van der Waals surface area contributed by atoms with E-state index in [1.54, 1.807) is 6.07 Å². The van der Waals surface area contributed by atoms with Crippen LogP contribution in [0, 0.1) is 0 Å². The van der Waals surface area contributed by atoms with Gasteiger partial charge in [0.05, 0.1) is 0 Å². The van der Waals surface area contributed by atoms with Gasteiger partial charge in [0, 0.05) is 33.9 Å². The van der Waals surface area contributed by atoms with Gasteiger partial charge in [0.2, 0.25) is 0 Å². The van der Waals surface area contributed by atoms with Gasteiger partial charge < -0.3 is 10.6 Å². The van der Waals surface area contributed by atoms with Crippen LogP contribution in [0.1, 0.15) is 32.1 Å². The summed E-state index contributed by atoms with van der Waals surface area (Å²) in [4.78, 5) is 2.50. The molecular weight excluding hydrogens is 267 g/mol. The molecule has 2 N–H and O–H groups in total. The Morgan fingerprint density at radius 3 is 2.11 bits per heavy atom. The summed E-state index contributed by atoms with van der Waals surface area (Å²) >= 11 is 12.2. The highest BCUT2D eigenvalue weighted by Crippen LogP contribution is 2.38. The van der Waals surface area contributed by atoms with Gasteiger partial charge in [-0.2, -0.15) is 0 Å². The first-order chi connectivity index (χ1) is 8.63. The molecule has 2 fully saturated rings. The fourth-order valence-electron chi connectivity index (χ4n) is 3.53. The van der Waals surface area contributed by atoms with Crippen LogP contribution >= 0.6 is 23.2 Å². The van der Waals surface area contributed by atoms with Crippen LogP contribution in [-0.4, -0.2) is 18.1 Å². The van der Waals surface area contributed by atoms with Crippen LogP contribution in [0.15, 0.2) is 18.2 Å². The lowest BCUT2D eigenvalue weighted by Gasteiger charge is -2.49. The van der Waals surface area contributed by atoms with Gasteiger partial charge in [-0.3, -0.25) is 0 Å². The third kappa shape index (κ3) is 2.34. The Morgan fingerprint density at radius 2 is 1.56 bits per heavy atom. The summed E-state index contributed by atoms with van der Waals surface area (Å²) in [5, 5.41) is 1.43. The molecule has 98 valence electrons. The van der Waals surface area contributed by atoms with Crippen LogP contribution in [-0.2, 0) is 0 Å². The van der Waals surface area contributed by atoms with Gasteiger partial charge in [0.1, 0.15) is 0 Å². The average Bonchev–Trinajstić information content (AvgIpc) is 2.26. The fraction of sp³-hybridized carbons (Fsp3) is 0.571. The van der Waals surface area contributed by atoms with E-state index < -0.39 is 0 Å². The van der Waals surface area contributed by atoms with Gasteiger partial charge in [0.25, 0.3) is 0 Å². The highest BCUT2D eigenvalue weighted by Gasteiger charge is 2.37. The predicted molar refractivity (Wildman–Crippen MR) is 77.6 cm³/mol. The summed E-state index contributed by atoms with van der Waals surface area (Å²) in [5.41, 5.74) is 7.31. The fourth-order valence-corrected chi connectivity index (χ4v) is 4.05. The van der Waals surface area contributed by atoms with E-state index in [2.05, 4.69) is 4.90 Å². The molecule has 3 rings (SSSR count). The number of nitrogens with zero attached hydrogens (tertiary/aromatic N) is 1. The van der Waals surface area contributed by atoms with Crippen molar-refractivity contribution in [3.63, 3.8) is 0 Å². The Bertz CT molecular complexity index is 415. The molecule has 18 heavy (non-hydrogen) atoms.